The van der Waals surface area contributed by atoms with E-state index in [1.165, 1.54) is 19.4 Å². The average molecular weight is 526 g/mol. The molecule has 17 heteroatoms. The van der Waals surface area contributed by atoms with Crippen molar-refractivity contribution in [2.24, 2.45) is 0 Å². The molecule has 1 aliphatic rings. The van der Waals surface area contributed by atoms with Crippen molar-refractivity contribution in [2.75, 3.05) is 46.4 Å². The number of ether oxygens (including phenoxy) is 4. The largest absolute Gasteiger partial charge is 0.475 e. The summed E-state index contributed by atoms with van der Waals surface area (Å²) in [5.41, 5.74) is 2.30. The molecule has 1 fully saturated rings. The molecule has 0 aromatic carbocycles. The first-order chi connectivity index (χ1) is 16.4. The van der Waals surface area contributed by atoms with E-state index in [2.05, 4.69) is 24.3 Å². The quantitative estimate of drug-likeness (QED) is 0.165. The third-order valence-electron chi connectivity index (χ3n) is 4.81. The van der Waals surface area contributed by atoms with Gasteiger partial charge in [0.1, 0.15) is 18.0 Å². The number of methoxy groups -OCH3 is 1. The Balaban J connectivity index is 1.88. The smallest absolute Gasteiger partial charge is 0.454 e. The molecule has 0 spiro atoms. The first-order valence-electron chi connectivity index (χ1n) is 10.2. The van der Waals surface area contributed by atoms with Crippen molar-refractivity contribution in [1.29, 1.82) is 0 Å². The highest BCUT2D eigenvalue weighted by molar-refractivity contribution is 7.47. The number of esters is 2. The van der Waals surface area contributed by atoms with Gasteiger partial charge in [0, 0.05) is 19.9 Å². The summed E-state index contributed by atoms with van der Waals surface area (Å²) in [6, 6.07) is 1.27. The van der Waals surface area contributed by atoms with E-state index in [1.807, 2.05) is 0 Å². The molecule has 4 N–H and O–H groups in total. The number of carbonyl (C=O) groups is 2. The zero-order chi connectivity index (χ0) is 26.2. The number of carbonyl (C=O) groups excluding carboxylic acids is 2. The molecular formula is C18H28FN4O11P. The molecule has 5 atom stereocenters. The summed E-state index contributed by atoms with van der Waals surface area (Å²) < 4.78 is 57.6. The van der Waals surface area contributed by atoms with Gasteiger partial charge in [0.15, 0.2) is 18.5 Å². The summed E-state index contributed by atoms with van der Waals surface area (Å²) in [6.45, 7) is -0.919. The maximum Gasteiger partial charge on any atom is 0.475 e. The summed E-state index contributed by atoms with van der Waals surface area (Å²) >= 11 is 0. The summed E-state index contributed by atoms with van der Waals surface area (Å²) in [6.07, 6.45) is -2.83. The van der Waals surface area contributed by atoms with E-state index in [1.54, 1.807) is 7.05 Å². The fraction of sp³-hybridized carbons (Fsp3) is 0.667. The van der Waals surface area contributed by atoms with Crippen LogP contribution in [0.4, 0.5) is 10.2 Å². The first kappa shape index (κ1) is 28.8. The molecule has 15 nitrogen and oxygen atoms in total. The second kappa shape index (κ2) is 12.5. The minimum absolute atomic E-state index is 0.0356. The maximum absolute atomic E-state index is 15.5. The maximum atomic E-state index is 15.5. The van der Waals surface area contributed by atoms with Crippen LogP contribution in [0.5, 0.6) is 0 Å². The highest BCUT2D eigenvalue weighted by atomic mass is 31.2. The molecule has 1 saturated heterocycles. The lowest BCUT2D eigenvalue weighted by molar-refractivity contribution is -0.163. The molecule has 1 unspecified atom stereocenters. The zero-order valence-corrected chi connectivity index (χ0v) is 20.1. The number of hydrogen-bond donors (Lipinski definition) is 3. The van der Waals surface area contributed by atoms with Crippen LogP contribution in [0.25, 0.3) is 0 Å². The lowest BCUT2D eigenvalue weighted by atomic mass is 9.98. The van der Waals surface area contributed by atoms with Crippen LogP contribution >= 0.6 is 7.82 Å². The van der Waals surface area contributed by atoms with Crippen molar-refractivity contribution < 1.29 is 51.4 Å². The molecule has 1 aromatic rings. The van der Waals surface area contributed by atoms with E-state index in [0.717, 1.165) is 11.5 Å². The lowest BCUT2D eigenvalue weighted by Crippen LogP contribution is -2.44. The number of aromatic nitrogens is 2. The summed E-state index contributed by atoms with van der Waals surface area (Å²) in [5.74, 6) is -1.74. The van der Waals surface area contributed by atoms with Crippen LogP contribution in [-0.4, -0.2) is 85.0 Å². The molecular weight excluding hydrogens is 498 g/mol. The number of halogens is 1. The van der Waals surface area contributed by atoms with Crippen molar-refractivity contribution >= 4 is 25.6 Å². The van der Waals surface area contributed by atoms with Crippen LogP contribution in [0, 0.1) is 0 Å². The van der Waals surface area contributed by atoms with Gasteiger partial charge in [0.2, 0.25) is 6.79 Å². The van der Waals surface area contributed by atoms with Gasteiger partial charge in [-0.15, -0.1) is 0 Å². The molecule has 0 radical (unpaired) electrons. The summed E-state index contributed by atoms with van der Waals surface area (Å²) in [4.78, 5) is 48.3. The Hall–Kier alpha value is -2.46. The second-order valence-electron chi connectivity index (χ2n) is 7.42. The van der Waals surface area contributed by atoms with E-state index in [4.69, 9.17) is 19.7 Å². The molecule has 1 aromatic heterocycles. The molecule has 2 heterocycles. The van der Waals surface area contributed by atoms with E-state index in [-0.39, 0.29) is 12.2 Å². The lowest BCUT2D eigenvalue weighted by Gasteiger charge is -2.26. The standard InChI is InChI=1S/C18H28FN4O11P/c1-18(19)15(29-3)11(34-16(18)23-7-5-12(20)22-17(23)26)8-32-35(27,28)33-10-31-14(25)9-30-13(24)4-6-21-2/h5,7,11,15-16,21H,4,6,8-10H2,1-3H3,(H,27,28)(H2,20,22,26)/t11-,15-,16-,18+/m1/s1. The molecule has 0 amide bonds. The van der Waals surface area contributed by atoms with E-state index >= 15 is 4.39 Å². The van der Waals surface area contributed by atoms with Crippen LogP contribution in [0.15, 0.2) is 17.1 Å². The van der Waals surface area contributed by atoms with Gasteiger partial charge in [-0.1, -0.05) is 0 Å². The molecule has 0 aliphatic carbocycles. The number of rotatable bonds is 13. The van der Waals surface area contributed by atoms with Gasteiger partial charge in [-0.3, -0.25) is 13.9 Å². The van der Waals surface area contributed by atoms with E-state index in [9.17, 15) is 23.8 Å². The Bertz CT molecular complexity index is 991. The van der Waals surface area contributed by atoms with Gasteiger partial charge in [0.05, 0.1) is 13.0 Å². The number of alkyl halides is 1. The Labute approximate surface area is 199 Å². The molecule has 198 valence electrons. The van der Waals surface area contributed by atoms with Gasteiger partial charge >= 0.3 is 25.5 Å². The summed E-state index contributed by atoms with van der Waals surface area (Å²) in [5, 5.41) is 2.73. The molecule has 35 heavy (non-hydrogen) atoms. The van der Waals surface area contributed by atoms with Crippen molar-refractivity contribution in [3.8, 4) is 0 Å². The number of nitrogens with two attached hydrogens (primary N) is 1. The van der Waals surface area contributed by atoms with Gasteiger partial charge in [-0.25, -0.2) is 23.1 Å². The third-order valence-corrected chi connectivity index (χ3v) is 5.71. The number of hydrogen-bond acceptors (Lipinski definition) is 13. The Kier molecular flexibility index (Phi) is 10.3. The average Bonchev–Trinajstić information content (AvgIpc) is 3.04. The predicted octanol–water partition coefficient (Wildman–Crippen LogP) is -0.747. The first-order valence-corrected chi connectivity index (χ1v) is 11.7. The molecule has 0 bridgehead atoms. The number of anilines is 1. The number of nitrogen functional groups attached to an aromatic ring is 1. The summed E-state index contributed by atoms with van der Waals surface area (Å²) in [7, 11) is -1.97. The fourth-order valence-corrected chi connectivity index (χ4v) is 3.76. The number of nitrogens with one attached hydrogen (secondary N) is 1. The molecule has 1 aliphatic heterocycles. The Morgan fingerprint density at radius 3 is 2.71 bits per heavy atom. The van der Waals surface area contributed by atoms with Gasteiger partial charge in [-0.2, -0.15) is 4.98 Å². The van der Waals surface area contributed by atoms with Crippen LogP contribution < -0.4 is 16.7 Å². The monoisotopic (exact) mass is 526 g/mol. The van der Waals surface area contributed by atoms with E-state index in [0.29, 0.717) is 6.54 Å². The SMILES string of the molecule is CNCCC(=O)OCC(=O)OCOP(=O)(O)OC[C@H]1O[C@@H](n2ccc(N)nc2=O)[C@@](C)(F)[C@@H]1OC. The van der Waals surface area contributed by atoms with Crippen LogP contribution in [0.3, 0.4) is 0 Å². The minimum Gasteiger partial charge on any atom is -0.454 e. The van der Waals surface area contributed by atoms with Gasteiger partial charge in [0.25, 0.3) is 0 Å². The highest BCUT2D eigenvalue weighted by Gasteiger charge is 2.56. The fourth-order valence-electron chi connectivity index (χ4n) is 3.17. The minimum atomic E-state index is -4.79. The third kappa shape index (κ3) is 8.03. The van der Waals surface area contributed by atoms with Crippen molar-refractivity contribution in [1.82, 2.24) is 14.9 Å². The normalized spacial score (nSPS) is 25.7. The van der Waals surface area contributed by atoms with Crippen molar-refractivity contribution in [3.63, 3.8) is 0 Å². The molecule has 0 saturated carbocycles. The van der Waals surface area contributed by atoms with Gasteiger partial charge in [-0.05, 0) is 20.0 Å². The molecule has 2 rings (SSSR count). The van der Waals surface area contributed by atoms with Crippen LogP contribution in [0.1, 0.15) is 19.6 Å². The van der Waals surface area contributed by atoms with Crippen molar-refractivity contribution in [2.45, 2.75) is 37.4 Å². The second-order valence-corrected chi connectivity index (χ2v) is 8.87. The van der Waals surface area contributed by atoms with Crippen molar-refractivity contribution in [3.05, 3.63) is 22.7 Å². The number of phosphoric ester groups is 1. The highest BCUT2D eigenvalue weighted by Crippen LogP contribution is 2.47. The van der Waals surface area contributed by atoms with Crippen LogP contribution in [-0.2, 0) is 42.1 Å². The predicted molar refractivity (Wildman–Crippen MR) is 114 cm³/mol. The topological polar surface area (TPSA) is 200 Å². The van der Waals surface area contributed by atoms with Crippen LogP contribution in [0.2, 0.25) is 0 Å². The Morgan fingerprint density at radius 2 is 2.09 bits per heavy atom. The van der Waals surface area contributed by atoms with E-state index < -0.39 is 69.6 Å². The zero-order valence-electron chi connectivity index (χ0n) is 19.2. The number of phosphoric acid groups is 1. The van der Waals surface area contributed by atoms with Gasteiger partial charge < -0.3 is 34.9 Å². The Morgan fingerprint density at radius 1 is 1.37 bits per heavy atom. The number of nitrogens with zero attached hydrogens (tertiary/aromatic N) is 2.